The number of amides is 1. The van der Waals surface area contributed by atoms with Gasteiger partial charge < -0.3 is 15.0 Å². The van der Waals surface area contributed by atoms with Gasteiger partial charge in [-0.15, -0.1) is 0 Å². The third-order valence-electron chi connectivity index (χ3n) is 5.47. The van der Waals surface area contributed by atoms with Crippen LogP contribution in [0.25, 0.3) is 0 Å². The Kier molecular flexibility index (Phi) is 7.06. The third-order valence-corrected chi connectivity index (χ3v) is 5.47. The molecule has 3 rings (SSSR count). The van der Waals surface area contributed by atoms with Crippen LogP contribution in [-0.4, -0.2) is 67.7 Å². The van der Waals surface area contributed by atoms with Gasteiger partial charge >= 0.3 is 0 Å². The van der Waals surface area contributed by atoms with Gasteiger partial charge in [0.15, 0.2) is 0 Å². The molecular weight excluding hydrogens is 326 g/mol. The van der Waals surface area contributed by atoms with E-state index in [4.69, 9.17) is 4.74 Å². The molecule has 0 spiro atoms. The van der Waals surface area contributed by atoms with E-state index in [0.717, 1.165) is 51.6 Å². The first-order valence-corrected chi connectivity index (χ1v) is 10.1. The van der Waals surface area contributed by atoms with Crippen LogP contribution in [0.1, 0.15) is 44.6 Å². The highest BCUT2D eigenvalue weighted by atomic mass is 16.5. The zero-order valence-electron chi connectivity index (χ0n) is 16.2. The first-order valence-electron chi connectivity index (χ1n) is 10.1. The Bertz CT molecular complexity index is 559. The Morgan fingerprint density at radius 3 is 2.46 bits per heavy atom. The molecule has 1 N–H and O–H groups in total. The molecule has 5 heteroatoms. The molecule has 2 fully saturated rings. The first kappa shape index (κ1) is 19.3. The van der Waals surface area contributed by atoms with Crippen LogP contribution in [0.5, 0.6) is 0 Å². The topological polar surface area (TPSA) is 44.8 Å². The second-order valence-electron chi connectivity index (χ2n) is 7.85. The van der Waals surface area contributed by atoms with Crippen LogP contribution >= 0.6 is 0 Å². The third kappa shape index (κ3) is 5.79. The van der Waals surface area contributed by atoms with Crippen molar-refractivity contribution in [3.05, 3.63) is 29.8 Å². The molecule has 1 aromatic carbocycles. The van der Waals surface area contributed by atoms with Crippen molar-refractivity contribution in [3.63, 3.8) is 0 Å². The van der Waals surface area contributed by atoms with Crippen LogP contribution in [0, 0.1) is 0 Å². The lowest BCUT2D eigenvalue weighted by atomic mass is 10.0. The summed E-state index contributed by atoms with van der Waals surface area (Å²) < 4.78 is 5.73. The second kappa shape index (κ2) is 9.49. The van der Waals surface area contributed by atoms with Crippen molar-refractivity contribution in [3.8, 4) is 0 Å². The van der Waals surface area contributed by atoms with Crippen molar-refractivity contribution in [2.24, 2.45) is 0 Å². The summed E-state index contributed by atoms with van der Waals surface area (Å²) in [6, 6.07) is 8.18. The molecule has 0 unspecified atom stereocenters. The quantitative estimate of drug-likeness (QED) is 0.813. The first-order chi connectivity index (χ1) is 12.6. The molecular formula is C21H33N3O2. The molecule has 0 bridgehead atoms. The van der Waals surface area contributed by atoms with E-state index in [2.05, 4.69) is 41.1 Å². The maximum Gasteiger partial charge on any atom is 0.225 e. The van der Waals surface area contributed by atoms with E-state index in [-0.39, 0.29) is 5.91 Å². The van der Waals surface area contributed by atoms with Gasteiger partial charge in [-0.2, -0.15) is 0 Å². The van der Waals surface area contributed by atoms with Crippen molar-refractivity contribution in [1.29, 1.82) is 0 Å². The van der Waals surface area contributed by atoms with Gasteiger partial charge in [0.25, 0.3) is 0 Å². The van der Waals surface area contributed by atoms with E-state index in [0.29, 0.717) is 18.4 Å². The number of hydrogen-bond acceptors (Lipinski definition) is 4. The molecule has 5 nitrogen and oxygen atoms in total. The lowest BCUT2D eigenvalue weighted by Gasteiger charge is -2.35. The molecule has 1 amide bonds. The minimum Gasteiger partial charge on any atom is -0.377 e. The molecule has 26 heavy (non-hydrogen) atoms. The van der Waals surface area contributed by atoms with Crippen LogP contribution in [-0.2, 0) is 9.53 Å². The number of nitrogens with zero attached hydrogens (tertiary/aromatic N) is 2. The molecule has 1 aromatic rings. The summed E-state index contributed by atoms with van der Waals surface area (Å²) in [5.41, 5.74) is 2.18. The van der Waals surface area contributed by atoms with E-state index in [1.807, 2.05) is 12.1 Å². The Morgan fingerprint density at radius 2 is 1.85 bits per heavy atom. The van der Waals surface area contributed by atoms with Gasteiger partial charge in [0.1, 0.15) is 0 Å². The number of rotatable bonds is 7. The van der Waals surface area contributed by atoms with E-state index in [1.165, 1.54) is 18.4 Å². The summed E-state index contributed by atoms with van der Waals surface area (Å²) in [6.45, 7) is 11.4. The van der Waals surface area contributed by atoms with Crippen LogP contribution in [0.3, 0.4) is 0 Å². The van der Waals surface area contributed by atoms with E-state index < -0.39 is 0 Å². The number of carbonyl (C=O) groups excluding carboxylic acids is 1. The van der Waals surface area contributed by atoms with Crippen molar-refractivity contribution < 1.29 is 9.53 Å². The highest BCUT2D eigenvalue weighted by Gasteiger charge is 2.22. The molecule has 1 atom stereocenters. The van der Waals surface area contributed by atoms with Gasteiger partial charge in [0.2, 0.25) is 5.91 Å². The predicted octanol–water partition coefficient (Wildman–Crippen LogP) is 2.94. The second-order valence-corrected chi connectivity index (χ2v) is 7.85. The average molecular weight is 360 g/mol. The van der Waals surface area contributed by atoms with Crippen LogP contribution in [0.2, 0.25) is 0 Å². The Balaban J connectivity index is 1.33. The van der Waals surface area contributed by atoms with Gasteiger partial charge in [-0.05, 0) is 36.5 Å². The fourth-order valence-electron chi connectivity index (χ4n) is 3.71. The maximum absolute atomic E-state index is 12.2. The highest BCUT2D eigenvalue weighted by molar-refractivity contribution is 5.90. The summed E-state index contributed by atoms with van der Waals surface area (Å²) in [6.07, 6.45) is 3.41. The Labute approximate surface area is 157 Å². The number of nitrogens with one attached hydrogen (secondary N) is 1. The van der Waals surface area contributed by atoms with Crippen molar-refractivity contribution in [1.82, 2.24) is 9.80 Å². The van der Waals surface area contributed by atoms with Gasteiger partial charge in [-0.1, -0.05) is 26.0 Å². The molecule has 144 valence electrons. The van der Waals surface area contributed by atoms with Crippen molar-refractivity contribution in [2.45, 2.75) is 45.1 Å². The van der Waals surface area contributed by atoms with Crippen molar-refractivity contribution in [2.75, 3.05) is 51.2 Å². The minimum atomic E-state index is 0.101. The van der Waals surface area contributed by atoms with Crippen LogP contribution < -0.4 is 5.32 Å². The molecule has 0 aromatic heterocycles. The normalized spacial score (nSPS) is 22.0. The van der Waals surface area contributed by atoms with Crippen LogP contribution in [0.4, 0.5) is 5.69 Å². The van der Waals surface area contributed by atoms with E-state index in [9.17, 15) is 4.79 Å². The zero-order valence-corrected chi connectivity index (χ0v) is 16.2. The van der Waals surface area contributed by atoms with E-state index >= 15 is 0 Å². The molecule has 0 saturated carbocycles. The summed E-state index contributed by atoms with van der Waals surface area (Å²) >= 11 is 0. The number of piperazine rings is 1. The molecule has 2 heterocycles. The van der Waals surface area contributed by atoms with Gasteiger partial charge in [0.05, 0.1) is 6.10 Å². The molecule has 2 saturated heterocycles. The Hall–Kier alpha value is -1.43. The standard InChI is InChI=1S/C21H33N3O2/c1-17(2)18-5-7-19(8-6-18)22-21(25)9-10-23-11-13-24(14-12-23)16-20-4-3-15-26-20/h5-8,17,20H,3-4,9-16H2,1-2H3,(H,22,25)/t20-/m1/s1. The Morgan fingerprint density at radius 1 is 1.15 bits per heavy atom. The lowest BCUT2D eigenvalue weighted by molar-refractivity contribution is -0.116. The summed E-state index contributed by atoms with van der Waals surface area (Å²) in [5, 5.41) is 3.01. The lowest BCUT2D eigenvalue weighted by Crippen LogP contribution is -2.48. The molecule has 0 aliphatic carbocycles. The maximum atomic E-state index is 12.2. The summed E-state index contributed by atoms with van der Waals surface area (Å²) in [7, 11) is 0. The number of carbonyl (C=O) groups is 1. The zero-order chi connectivity index (χ0) is 18.4. The van der Waals surface area contributed by atoms with Crippen molar-refractivity contribution >= 4 is 11.6 Å². The van der Waals surface area contributed by atoms with Crippen LogP contribution in [0.15, 0.2) is 24.3 Å². The van der Waals surface area contributed by atoms with Gasteiger partial charge in [-0.3, -0.25) is 9.69 Å². The average Bonchev–Trinajstić information content (AvgIpc) is 3.15. The van der Waals surface area contributed by atoms with Gasteiger partial charge in [-0.25, -0.2) is 0 Å². The van der Waals surface area contributed by atoms with Gasteiger partial charge in [0, 0.05) is 58.0 Å². The summed E-state index contributed by atoms with van der Waals surface area (Å²) in [4.78, 5) is 17.1. The smallest absolute Gasteiger partial charge is 0.225 e. The minimum absolute atomic E-state index is 0.101. The number of hydrogen-bond donors (Lipinski definition) is 1. The fourth-order valence-corrected chi connectivity index (χ4v) is 3.71. The molecule has 2 aliphatic heterocycles. The largest absolute Gasteiger partial charge is 0.377 e. The molecule has 2 aliphatic rings. The highest BCUT2D eigenvalue weighted by Crippen LogP contribution is 2.17. The number of benzene rings is 1. The summed E-state index contributed by atoms with van der Waals surface area (Å²) in [5.74, 6) is 0.614. The monoisotopic (exact) mass is 359 g/mol. The fraction of sp³-hybridized carbons (Fsp3) is 0.667. The predicted molar refractivity (Wildman–Crippen MR) is 106 cm³/mol. The van der Waals surface area contributed by atoms with E-state index in [1.54, 1.807) is 0 Å². The SMILES string of the molecule is CC(C)c1ccc(NC(=O)CCN2CCN(C[C@H]3CCCO3)CC2)cc1. The molecule has 0 radical (unpaired) electrons. The number of anilines is 1. The number of ether oxygens (including phenoxy) is 1.